The Bertz CT molecular complexity index is 135. The number of ether oxygens (including phenoxy) is 1. The van der Waals surface area contributed by atoms with Crippen molar-refractivity contribution in [2.45, 2.75) is 35.6 Å². The van der Waals surface area contributed by atoms with Gasteiger partial charge in [-0.25, -0.2) is 0 Å². The predicted molar refractivity (Wildman–Crippen MR) is 64.6 cm³/mol. The molecule has 0 aromatic heterocycles. The van der Waals surface area contributed by atoms with Crippen molar-refractivity contribution in [1.82, 2.24) is 4.90 Å². The third-order valence-electron chi connectivity index (χ3n) is 2.90. The molecule has 0 N–H and O–H groups in total. The number of methoxy groups -OCH3 is 1. The first-order valence-corrected chi connectivity index (χ1v) is 6.32. The molecule has 0 unspecified atom stereocenters. The molecule has 0 heterocycles. The van der Waals surface area contributed by atoms with Gasteiger partial charge in [0.15, 0.2) is 0 Å². The summed E-state index contributed by atoms with van der Waals surface area (Å²) in [6, 6.07) is 0.807. The molecule has 0 spiro atoms. The molecule has 1 aliphatic rings. The fourth-order valence-electron chi connectivity index (χ4n) is 1.89. The van der Waals surface area contributed by atoms with Crippen LogP contribution in [0.25, 0.3) is 0 Å². The minimum Gasteiger partial charge on any atom is -0.383 e. The summed E-state index contributed by atoms with van der Waals surface area (Å²) in [5.74, 6) is 0. The lowest BCUT2D eigenvalue weighted by Crippen LogP contribution is -2.37. The van der Waals surface area contributed by atoms with Crippen LogP contribution in [0.2, 0.25) is 0 Å². The van der Waals surface area contributed by atoms with Crippen LogP contribution in [0, 0.1) is 0 Å². The Morgan fingerprint density at radius 2 is 1.92 bits per heavy atom. The van der Waals surface area contributed by atoms with E-state index in [0.29, 0.717) is 0 Å². The standard InChI is InChI=1S/C10H20INO/c1-12(7-8-13-2)10-5-3-9(11)4-6-10/h9-10H,3-8H2,1-2H3. The normalized spacial score (nSPS) is 29.5. The van der Waals surface area contributed by atoms with E-state index in [0.717, 1.165) is 23.1 Å². The van der Waals surface area contributed by atoms with Crippen molar-refractivity contribution in [3.05, 3.63) is 0 Å². The monoisotopic (exact) mass is 297 g/mol. The summed E-state index contributed by atoms with van der Waals surface area (Å²) in [6.45, 7) is 1.94. The predicted octanol–water partition coefficient (Wildman–Crippen LogP) is 2.31. The molecule has 0 atom stereocenters. The Morgan fingerprint density at radius 1 is 1.31 bits per heavy atom. The highest BCUT2D eigenvalue weighted by molar-refractivity contribution is 14.1. The fraction of sp³-hybridized carbons (Fsp3) is 1.00. The number of rotatable bonds is 4. The van der Waals surface area contributed by atoms with Gasteiger partial charge >= 0.3 is 0 Å². The molecule has 0 saturated heterocycles. The Labute approximate surface area is 95.2 Å². The Kier molecular flexibility index (Phi) is 5.58. The van der Waals surface area contributed by atoms with E-state index in [1.807, 2.05) is 0 Å². The van der Waals surface area contributed by atoms with Crippen LogP contribution in [0.4, 0.5) is 0 Å². The number of halogens is 1. The largest absolute Gasteiger partial charge is 0.383 e. The lowest BCUT2D eigenvalue weighted by atomic mass is 9.94. The van der Waals surface area contributed by atoms with Crippen LogP contribution in [0.15, 0.2) is 0 Å². The van der Waals surface area contributed by atoms with Gasteiger partial charge in [0.2, 0.25) is 0 Å². The summed E-state index contributed by atoms with van der Waals surface area (Å²) in [6.07, 6.45) is 5.52. The van der Waals surface area contributed by atoms with E-state index < -0.39 is 0 Å². The van der Waals surface area contributed by atoms with Crippen LogP contribution in [-0.4, -0.2) is 42.2 Å². The Hall–Kier alpha value is 0.650. The number of likely N-dealkylation sites (N-methyl/N-ethyl adjacent to an activating group) is 1. The van der Waals surface area contributed by atoms with E-state index in [9.17, 15) is 0 Å². The number of nitrogens with zero attached hydrogens (tertiary/aromatic N) is 1. The maximum atomic E-state index is 5.08. The zero-order valence-electron chi connectivity index (χ0n) is 8.63. The molecular weight excluding hydrogens is 277 g/mol. The quantitative estimate of drug-likeness (QED) is 0.583. The molecule has 0 aromatic carbocycles. The van der Waals surface area contributed by atoms with Crippen LogP contribution < -0.4 is 0 Å². The van der Waals surface area contributed by atoms with Gasteiger partial charge in [0.1, 0.15) is 0 Å². The lowest BCUT2D eigenvalue weighted by Gasteiger charge is -2.32. The van der Waals surface area contributed by atoms with Crippen LogP contribution in [0.1, 0.15) is 25.7 Å². The minimum absolute atomic E-state index is 0.807. The summed E-state index contributed by atoms with van der Waals surface area (Å²) >= 11 is 2.58. The van der Waals surface area contributed by atoms with Crippen molar-refractivity contribution in [2.24, 2.45) is 0 Å². The zero-order chi connectivity index (χ0) is 9.68. The molecule has 13 heavy (non-hydrogen) atoms. The summed E-state index contributed by atoms with van der Waals surface area (Å²) in [5.41, 5.74) is 0. The van der Waals surface area contributed by atoms with Crippen molar-refractivity contribution >= 4 is 22.6 Å². The number of alkyl halides is 1. The van der Waals surface area contributed by atoms with Crippen LogP contribution in [0.3, 0.4) is 0 Å². The first-order chi connectivity index (χ1) is 6.24. The van der Waals surface area contributed by atoms with E-state index in [-0.39, 0.29) is 0 Å². The minimum atomic E-state index is 0.807. The molecule has 3 heteroatoms. The molecule has 1 saturated carbocycles. The average molecular weight is 297 g/mol. The molecule has 0 aliphatic heterocycles. The molecule has 78 valence electrons. The van der Waals surface area contributed by atoms with Crippen LogP contribution in [0.5, 0.6) is 0 Å². The zero-order valence-corrected chi connectivity index (χ0v) is 10.8. The lowest BCUT2D eigenvalue weighted by molar-refractivity contribution is 0.124. The molecule has 0 radical (unpaired) electrons. The maximum absolute atomic E-state index is 5.08. The Morgan fingerprint density at radius 3 is 2.46 bits per heavy atom. The van der Waals surface area contributed by atoms with Crippen molar-refractivity contribution in [1.29, 1.82) is 0 Å². The summed E-state index contributed by atoms with van der Waals surface area (Å²) in [4.78, 5) is 2.45. The first kappa shape index (κ1) is 11.7. The maximum Gasteiger partial charge on any atom is 0.0589 e. The first-order valence-electron chi connectivity index (χ1n) is 5.07. The third kappa shape index (κ3) is 4.13. The van der Waals surface area contributed by atoms with Gasteiger partial charge < -0.3 is 9.64 Å². The topological polar surface area (TPSA) is 12.5 Å². The second-order valence-corrected chi connectivity index (χ2v) is 5.64. The molecule has 2 nitrogen and oxygen atoms in total. The molecule has 0 amide bonds. The fourth-order valence-corrected chi connectivity index (χ4v) is 2.61. The molecule has 1 fully saturated rings. The van der Waals surface area contributed by atoms with Gasteiger partial charge in [-0.1, -0.05) is 22.6 Å². The third-order valence-corrected chi connectivity index (χ3v) is 4.14. The Balaban J connectivity index is 2.19. The summed E-state index contributed by atoms with van der Waals surface area (Å²) < 4.78 is 6.00. The molecule has 0 aromatic rings. The van der Waals surface area contributed by atoms with Gasteiger partial charge in [-0.2, -0.15) is 0 Å². The van der Waals surface area contributed by atoms with Gasteiger partial charge in [0, 0.05) is 23.6 Å². The van der Waals surface area contributed by atoms with Crippen molar-refractivity contribution in [3.8, 4) is 0 Å². The highest BCUT2D eigenvalue weighted by Gasteiger charge is 2.21. The van der Waals surface area contributed by atoms with Gasteiger partial charge in [-0.15, -0.1) is 0 Å². The molecule has 1 rings (SSSR count). The molecular formula is C10H20INO. The van der Waals surface area contributed by atoms with E-state index in [1.165, 1.54) is 25.7 Å². The highest BCUT2D eigenvalue weighted by atomic mass is 127. The smallest absolute Gasteiger partial charge is 0.0589 e. The van der Waals surface area contributed by atoms with Gasteiger partial charge in [0.05, 0.1) is 6.61 Å². The average Bonchev–Trinajstić information content (AvgIpc) is 2.15. The summed E-state index contributed by atoms with van der Waals surface area (Å²) in [5, 5.41) is 0. The van der Waals surface area contributed by atoms with Crippen LogP contribution >= 0.6 is 22.6 Å². The highest BCUT2D eigenvalue weighted by Crippen LogP contribution is 2.26. The van der Waals surface area contributed by atoms with E-state index >= 15 is 0 Å². The number of hydrogen-bond donors (Lipinski definition) is 0. The van der Waals surface area contributed by atoms with Crippen molar-refractivity contribution < 1.29 is 4.74 Å². The van der Waals surface area contributed by atoms with Gasteiger partial charge in [0.25, 0.3) is 0 Å². The second kappa shape index (κ2) is 6.19. The van der Waals surface area contributed by atoms with Gasteiger partial charge in [-0.05, 0) is 32.7 Å². The van der Waals surface area contributed by atoms with Crippen LogP contribution in [-0.2, 0) is 4.74 Å². The SMILES string of the molecule is COCCN(C)C1CCC(I)CC1. The van der Waals surface area contributed by atoms with E-state index in [4.69, 9.17) is 4.74 Å². The number of hydrogen-bond acceptors (Lipinski definition) is 2. The van der Waals surface area contributed by atoms with Crippen molar-refractivity contribution in [2.75, 3.05) is 27.3 Å². The summed E-state index contributed by atoms with van der Waals surface area (Å²) in [7, 11) is 3.99. The second-order valence-electron chi connectivity index (χ2n) is 3.88. The van der Waals surface area contributed by atoms with Gasteiger partial charge in [-0.3, -0.25) is 0 Å². The van der Waals surface area contributed by atoms with E-state index in [1.54, 1.807) is 7.11 Å². The molecule has 1 aliphatic carbocycles. The van der Waals surface area contributed by atoms with Crippen molar-refractivity contribution in [3.63, 3.8) is 0 Å². The van der Waals surface area contributed by atoms with E-state index in [2.05, 4.69) is 34.5 Å². The molecule has 0 bridgehead atoms.